The van der Waals surface area contributed by atoms with Crippen LogP contribution in [0.3, 0.4) is 0 Å². The van der Waals surface area contributed by atoms with E-state index in [0.717, 1.165) is 11.6 Å². The van der Waals surface area contributed by atoms with Gasteiger partial charge in [-0.05, 0) is 25.5 Å². The molecule has 0 saturated heterocycles. The van der Waals surface area contributed by atoms with Crippen molar-refractivity contribution >= 4 is 22.3 Å². The lowest BCUT2D eigenvalue weighted by Gasteiger charge is -2.10. The highest BCUT2D eigenvalue weighted by atomic mass is 32.1. The molecule has 0 aliphatic rings. The maximum absolute atomic E-state index is 12.9. The van der Waals surface area contributed by atoms with E-state index in [4.69, 9.17) is 0 Å². The molecule has 1 atom stereocenters. The Kier molecular flexibility index (Phi) is 5.29. The summed E-state index contributed by atoms with van der Waals surface area (Å²) in [5, 5.41) is 20.5. The highest BCUT2D eigenvalue weighted by molar-refractivity contribution is 7.15. The van der Waals surface area contributed by atoms with Crippen LogP contribution in [0.25, 0.3) is 0 Å². The second kappa shape index (κ2) is 7.90. The fourth-order valence-electron chi connectivity index (χ4n) is 2.97. The van der Waals surface area contributed by atoms with E-state index in [0.29, 0.717) is 28.2 Å². The Morgan fingerprint density at radius 2 is 1.87 bits per heavy atom. The fraction of sp³-hybridized carbons (Fsp3) is 0.263. The van der Waals surface area contributed by atoms with Crippen molar-refractivity contribution in [2.45, 2.75) is 32.6 Å². The standard InChI is InChI=1S/C19H18F3N7S/c1-12-10-15(19(20,21)22)26-29(12)13(2)17-24-25-18(30-17)23-16-8-9-28(27-16)11-14-6-4-3-5-7-14/h3-10,13H,11H2,1-2H3,(H,23,25,27)/t13-/m0/s1. The fourth-order valence-corrected chi connectivity index (χ4v) is 3.76. The van der Waals surface area contributed by atoms with E-state index >= 15 is 0 Å². The first kappa shape index (κ1) is 20.1. The van der Waals surface area contributed by atoms with E-state index in [1.807, 2.05) is 42.6 Å². The molecule has 30 heavy (non-hydrogen) atoms. The molecule has 0 aliphatic carbocycles. The van der Waals surface area contributed by atoms with Crippen LogP contribution in [0.2, 0.25) is 0 Å². The van der Waals surface area contributed by atoms with Gasteiger partial charge in [0.2, 0.25) is 5.13 Å². The van der Waals surface area contributed by atoms with Crippen molar-refractivity contribution in [1.82, 2.24) is 29.8 Å². The Bertz CT molecular complexity index is 1130. The van der Waals surface area contributed by atoms with Gasteiger partial charge in [0.25, 0.3) is 0 Å². The molecule has 7 nitrogen and oxygen atoms in total. The first-order valence-electron chi connectivity index (χ1n) is 9.11. The summed E-state index contributed by atoms with van der Waals surface area (Å²) >= 11 is 1.24. The summed E-state index contributed by atoms with van der Waals surface area (Å²) < 4.78 is 41.8. The Balaban J connectivity index is 1.45. The van der Waals surface area contributed by atoms with Crippen LogP contribution in [0.4, 0.5) is 24.1 Å². The van der Waals surface area contributed by atoms with Crippen molar-refractivity contribution in [3.05, 3.63) is 70.6 Å². The lowest BCUT2D eigenvalue weighted by atomic mass is 10.2. The van der Waals surface area contributed by atoms with E-state index in [-0.39, 0.29) is 0 Å². The summed E-state index contributed by atoms with van der Waals surface area (Å²) in [6, 6.07) is 12.3. The predicted molar refractivity (Wildman–Crippen MR) is 107 cm³/mol. The molecular formula is C19H18F3N7S. The third-order valence-electron chi connectivity index (χ3n) is 4.44. The summed E-state index contributed by atoms with van der Waals surface area (Å²) in [6.07, 6.45) is -2.63. The van der Waals surface area contributed by atoms with Gasteiger partial charge in [-0.25, -0.2) is 0 Å². The number of alkyl halides is 3. The number of hydrogen-bond acceptors (Lipinski definition) is 6. The van der Waals surface area contributed by atoms with Crippen molar-refractivity contribution in [2.24, 2.45) is 0 Å². The summed E-state index contributed by atoms with van der Waals surface area (Å²) in [7, 11) is 0. The van der Waals surface area contributed by atoms with E-state index in [1.54, 1.807) is 18.5 Å². The molecular weight excluding hydrogens is 415 g/mol. The molecule has 0 fully saturated rings. The molecule has 0 aliphatic heterocycles. The molecule has 0 radical (unpaired) electrons. The zero-order valence-corrected chi connectivity index (χ0v) is 16.9. The first-order chi connectivity index (χ1) is 14.3. The Morgan fingerprint density at radius 1 is 1.10 bits per heavy atom. The number of benzene rings is 1. The summed E-state index contributed by atoms with van der Waals surface area (Å²) in [6.45, 7) is 3.96. The molecule has 1 aromatic carbocycles. The van der Waals surface area contributed by atoms with Gasteiger partial charge < -0.3 is 5.32 Å². The van der Waals surface area contributed by atoms with E-state index in [1.165, 1.54) is 16.0 Å². The van der Waals surface area contributed by atoms with E-state index in [2.05, 4.69) is 25.7 Å². The van der Waals surface area contributed by atoms with Gasteiger partial charge in [0.15, 0.2) is 11.5 Å². The van der Waals surface area contributed by atoms with Crippen LogP contribution in [-0.2, 0) is 12.7 Å². The average Bonchev–Trinajstić information content (AvgIpc) is 3.42. The van der Waals surface area contributed by atoms with Gasteiger partial charge in [-0.3, -0.25) is 9.36 Å². The molecule has 11 heteroatoms. The number of halogens is 3. The smallest absolute Gasteiger partial charge is 0.313 e. The monoisotopic (exact) mass is 433 g/mol. The zero-order chi connectivity index (χ0) is 21.3. The Hall–Kier alpha value is -3.21. The second-order valence-corrected chi connectivity index (χ2v) is 7.75. The normalized spacial score (nSPS) is 12.8. The molecule has 3 heterocycles. The van der Waals surface area contributed by atoms with Gasteiger partial charge in [0.05, 0.1) is 6.54 Å². The van der Waals surface area contributed by atoms with Crippen molar-refractivity contribution in [2.75, 3.05) is 5.32 Å². The molecule has 1 N–H and O–H groups in total. The quantitative estimate of drug-likeness (QED) is 0.479. The van der Waals surface area contributed by atoms with Gasteiger partial charge in [0, 0.05) is 18.0 Å². The van der Waals surface area contributed by atoms with Gasteiger partial charge in [-0.1, -0.05) is 41.7 Å². The minimum Gasteiger partial charge on any atom is -0.313 e. The Labute approximate surface area is 174 Å². The number of aromatic nitrogens is 6. The molecule has 156 valence electrons. The van der Waals surface area contributed by atoms with Crippen LogP contribution >= 0.6 is 11.3 Å². The predicted octanol–water partition coefficient (Wildman–Crippen LogP) is 4.66. The molecule has 0 spiro atoms. The summed E-state index contributed by atoms with van der Waals surface area (Å²) in [5.41, 5.74) is 0.616. The van der Waals surface area contributed by atoms with Gasteiger partial charge in [0.1, 0.15) is 11.0 Å². The minimum absolute atomic E-state index is 0.402. The number of aryl methyl sites for hydroxylation is 1. The summed E-state index contributed by atoms with van der Waals surface area (Å²) in [4.78, 5) is 0. The van der Waals surface area contributed by atoms with E-state index < -0.39 is 17.9 Å². The lowest BCUT2D eigenvalue weighted by molar-refractivity contribution is -0.141. The summed E-state index contributed by atoms with van der Waals surface area (Å²) in [5.74, 6) is 0.607. The van der Waals surface area contributed by atoms with E-state index in [9.17, 15) is 13.2 Å². The molecule has 0 saturated carbocycles. The van der Waals surface area contributed by atoms with Crippen molar-refractivity contribution in [1.29, 1.82) is 0 Å². The second-order valence-electron chi connectivity index (χ2n) is 6.74. The number of anilines is 2. The number of hydrogen-bond donors (Lipinski definition) is 1. The maximum Gasteiger partial charge on any atom is 0.435 e. The average molecular weight is 433 g/mol. The lowest BCUT2D eigenvalue weighted by Crippen LogP contribution is -2.12. The largest absolute Gasteiger partial charge is 0.435 e. The molecule has 4 aromatic rings. The maximum atomic E-state index is 12.9. The minimum atomic E-state index is -4.48. The van der Waals surface area contributed by atoms with Crippen LogP contribution in [0.15, 0.2) is 48.7 Å². The molecule has 3 aromatic heterocycles. The number of nitrogens with one attached hydrogen (secondary N) is 1. The third-order valence-corrected chi connectivity index (χ3v) is 5.45. The topological polar surface area (TPSA) is 73.5 Å². The third kappa shape index (κ3) is 4.35. The van der Waals surface area contributed by atoms with Crippen LogP contribution in [0.1, 0.15) is 34.9 Å². The molecule has 4 rings (SSSR count). The zero-order valence-electron chi connectivity index (χ0n) is 16.1. The van der Waals surface area contributed by atoms with Crippen LogP contribution in [0, 0.1) is 6.92 Å². The van der Waals surface area contributed by atoms with Crippen LogP contribution in [-0.4, -0.2) is 29.8 Å². The molecule has 0 unspecified atom stereocenters. The van der Waals surface area contributed by atoms with Crippen LogP contribution in [0.5, 0.6) is 0 Å². The van der Waals surface area contributed by atoms with Gasteiger partial charge >= 0.3 is 6.18 Å². The van der Waals surface area contributed by atoms with Crippen molar-refractivity contribution in [3.8, 4) is 0 Å². The van der Waals surface area contributed by atoms with Gasteiger partial charge in [-0.15, -0.1) is 10.2 Å². The molecule has 0 bridgehead atoms. The van der Waals surface area contributed by atoms with Gasteiger partial charge in [-0.2, -0.15) is 23.4 Å². The number of nitrogens with zero attached hydrogens (tertiary/aromatic N) is 6. The number of rotatable bonds is 6. The SMILES string of the molecule is Cc1cc(C(F)(F)F)nn1[C@@H](C)c1nnc(Nc2ccn(Cc3ccccc3)n2)s1. The first-order valence-corrected chi connectivity index (χ1v) is 9.92. The van der Waals surface area contributed by atoms with Crippen LogP contribution < -0.4 is 5.32 Å². The highest BCUT2D eigenvalue weighted by Gasteiger charge is 2.35. The van der Waals surface area contributed by atoms with Crippen molar-refractivity contribution < 1.29 is 13.2 Å². The Morgan fingerprint density at radius 3 is 2.57 bits per heavy atom. The van der Waals surface area contributed by atoms with Crippen molar-refractivity contribution in [3.63, 3.8) is 0 Å². The molecule has 0 amide bonds. The highest BCUT2D eigenvalue weighted by Crippen LogP contribution is 2.31.